The Hall–Kier alpha value is -0.160. The Kier molecular flexibility index (Phi) is 6.92. The number of likely N-dealkylation sites (tertiary alicyclic amines) is 1. The van der Waals surface area contributed by atoms with Crippen molar-refractivity contribution in [3.8, 4) is 0 Å². The summed E-state index contributed by atoms with van der Waals surface area (Å²) in [7, 11) is 1.80. The Balaban J connectivity index is 1.88. The maximum atomic E-state index is 5.32. The molecule has 0 aromatic carbocycles. The molecular formula is C11H24N2O2. The topological polar surface area (TPSA) is 33.7 Å². The fourth-order valence-electron chi connectivity index (χ4n) is 1.84. The third-order valence-corrected chi connectivity index (χ3v) is 2.79. The molecule has 0 aliphatic carbocycles. The fraction of sp³-hybridized carbons (Fsp3) is 1.00. The van der Waals surface area contributed by atoms with Crippen molar-refractivity contribution >= 4 is 0 Å². The highest BCUT2D eigenvalue weighted by Crippen LogP contribution is 2.10. The summed E-state index contributed by atoms with van der Waals surface area (Å²) in [5.74, 6) is 0. The Labute approximate surface area is 92.9 Å². The zero-order valence-electron chi connectivity index (χ0n) is 10.00. The van der Waals surface area contributed by atoms with Gasteiger partial charge in [-0.3, -0.25) is 4.90 Å². The van der Waals surface area contributed by atoms with Crippen LogP contribution in [-0.4, -0.2) is 64.1 Å². The SMILES string of the molecule is CCOCCNCCN1CCC(OC)C1. The molecule has 0 spiro atoms. The second kappa shape index (κ2) is 8.05. The fourth-order valence-corrected chi connectivity index (χ4v) is 1.84. The van der Waals surface area contributed by atoms with Gasteiger partial charge in [-0.2, -0.15) is 0 Å². The van der Waals surface area contributed by atoms with Gasteiger partial charge in [0.15, 0.2) is 0 Å². The molecule has 1 atom stereocenters. The van der Waals surface area contributed by atoms with E-state index >= 15 is 0 Å². The zero-order valence-corrected chi connectivity index (χ0v) is 10.00. The molecule has 0 aromatic rings. The van der Waals surface area contributed by atoms with Gasteiger partial charge in [0.2, 0.25) is 0 Å². The van der Waals surface area contributed by atoms with Crippen molar-refractivity contribution in [2.75, 3.05) is 53.0 Å². The lowest BCUT2D eigenvalue weighted by Gasteiger charge is -2.15. The predicted octanol–water partition coefficient (Wildman–Crippen LogP) is 0.333. The van der Waals surface area contributed by atoms with Gasteiger partial charge in [0.1, 0.15) is 0 Å². The van der Waals surface area contributed by atoms with Gasteiger partial charge < -0.3 is 14.8 Å². The number of hydrogen-bond acceptors (Lipinski definition) is 4. The number of nitrogens with one attached hydrogen (secondary N) is 1. The van der Waals surface area contributed by atoms with Crippen LogP contribution < -0.4 is 5.32 Å². The normalized spacial score (nSPS) is 22.4. The number of rotatable bonds is 8. The summed E-state index contributed by atoms with van der Waals surface area (Å²) in [6.07, 6.45) is 1.63. The molecule has 1 unspecified atom stereocenters. The van der Waals surface area contributed by atoms with Crippen LogP contribution >= 0.6 is 0 Å². The van der Waals surface area contributed by atoms with Crippen LogP contribution in [0.25, 0.3) is 0 Å². The standard InChI is InChI=1S/C11H24N2O2/c1-3-15-9-6-12-5-8-13-7-4-11(10-13)14-2/h11-12H,3-10H2,1-2H3. The largest absolute Gasteiger partial charge is 0.380 e. The Morgan fingerprint density at radius 1 is 1.40 bits per heavy atom. The second-order valence-corrected chi connectivity index (χ2v) is 3.89. The van der Waals surface area contributed by atoms with Gasteiger partial charge in [0.05, 0.1) is 12.7 Å². The van der Waals surface area contributed by atoms with Crippen LogP contribution in [0.1, 0.15) is 13.3 Å². The van der Waals surface area contributed by atoms with E-state index in [1.807, 2.05) is 6.92 Å². The minimum atomic E-state index is 0.452. The molecule has 0 bridgehead atoms. The summed E-state index contributed by atoms with van der Waals surface area (Å²) in [5, 5.41) is 3.37. The summed E-state index contributed by atoms with van der Waals surface area (Å²) in [5.41, 5.74) is 0. The van der Waals surface area contributed by atoms with Crippen molar-refractivity contribution in [3.63, 3.8) is 0 Å². The number of nitrogens with zero attached hydrogens (tertiary/aromatic N) is 1. The van der Waals surface area contributed by atoms with E-state index in [2.05, 4.69) is 10.2 Å². The molecule has 1 N–H and O–H groups in total. The van der Waals surface area contributed by atoms with E-state index in [4.69, 9.17) is 9.47 Å². The monoisotopic (exact) mass is 216 g/mol. The van der Waals surface area contributed by atoms with E-state index < -0.39 is 0 Å². The molecule has 1 rings (SSSR count). The molecule has 1 heterocycles. The van der Waals surface area contributed by atoms with Gasteiger partial charge in [0, 0.05) is 46.4 Å². The van der Waals surface area contributed by atoms with Gasteiger partial charge in [-0.25, -0.2) is 0 Å². The molecule has 1 aliphatic rings. The quantitative estimate of drug-likeness (QED) is 0.593. The predicted molar refractivity (Wildman–Crippen MR) is 61.2 cm³/mol. The molecule has 1 saturated heterocycles. The zero-order chi connectivity index (χ0) is 10.9. The molecule has 1 fully saturated rings. The summed E-state index contributed by atoms with van der Waals surface area (Å²) in [4.78, 5) is 2.45. The number of hydrogen-bond donors (Lipinski definition) is 1. The minimum Gasteiger partial charge on any atom is -0.380 e. The molecular weight excluding hydrogens is 192 g/mol. The summed E-state index contributed by atoms with van der Waals surface area (Å²) in [6.45, 7) is 9.02. The van der Waals surface area contributed by atoms with Crippen LogP contribution in [0.2, 0.25) is 0 Å². The summed E-state index contributed by atoms with van der Waals surface area (Å²) >= 11 is 0. The van der Waals surface area contributed by atoms with Gasteiger partial charge in [-0.05, 0) is 13.3 Å². The van der Waals surface area contributed by atoms with Crippen LogP contribution in [0.5, 0.6) is 0 Å². The van der Waals surface area contributed by atoms with Crippen molar-refractivity contribution in [1.82, 2.24) is 10.2 Å². The molecule has 0 aromatic heterocycles. The third-order valence-electron chi connectivity index (χ3n) is 2.79. The third kappa shape index (κ3) is 5.47. The average molecular weight is 216 g/mol. The maximum Gasteiger partial charge on any atom is 0.0710 e. The first kappa shape index (κ1) is 12.9. The van der Waals surface area contributed by atoms with E-state index in [9.17, 15) is 0 Å². The van der Waals surface area contributed by atoms with E-state index in [-0.39, 0.29) is 0 Å². The highest BCUT2D eigenvalue weighted by atomic mass is 16.5. The minimum absolute atomic E-state index is 0.452. The van der Waals surface area contributed by atoms with Crippen LogP contribution in [0.15, 0.2) is 0 Å². The van der Waals surface area contributed by atoms with Crippen molar-refractivity contribution in [1.29, 1.82) is 0 Å². The lowest BCUT2D eigenvalue weighted by molar-refractivity contribution is 0.108. The highest BCUT2D eigenvalue weighted by molar-refractivity contribution is 4.75. The lowest BCUT2D eigenvalue weighted by atomic mass is 10.3. The van der Waals surface area contributed by atoms with Crippen LogP contribution in [0.4, 0.5) is 0 Å². The molecule has 0 saturated carbocycles. The molecule has 4 nitrogen and oxygen atoms in total. The smallest absolute Gasteiger partial charge is 0.0710 e. The molecule has 15 heavy (non-hydrogen) atoms. The van der Waals surface area contributed by atoms with Gasteiger partial charge in [-0.1, -0.05) is 0 Å². The van der Waals surface area contributed by atoms with Gasteiger partial charge in [0.25, 0.3) is 0 Å². The summed E-state index contributed by atoms with van der Waals surface area (Å²) < 4.78 is 10.6. The van der Waals surface area contributed by atoms with E-state index in [0.29, 0.717) is 6.10 Å². The maximum absolute atomic E-state index is 5.32. The molecule has 0 amide bonds. The highest BCUT2D eigenvalue weighted by Gasteiger charge is 2.20. The Bertz CT molecular complexity index is 156. The van der Waals surface area contributed by atoms with Crippen LogP contribution in [-0.2, 0) is 9.47 Å². The lowest BCUT2D eigenvalue weighted by Crippen LogP contribution is -2.32. The first-order valence-electron chi connectivity index (χ1n) is 5.90. The van der Waals surface area contributed by atoms with Crippen molar-refractivity contribution < 1.29 is 9.47 Å². The molecule has 1 aliphatic heterocycles. The van der Waals surface area contributed by atoms with E-state index in [1.54, 1.807) is 7.11 Å². The van der Waals surface area contributed by atoms with Gasteiger partial charge in [-0.15, -0.1) is 0 Å². The first-order chi connectivity index (χ1) is 7.36. The van der Waals surface area contributed by atoms with Crippen LogP contribution in [0, 0.1) is 0 Å². The molecule has 90 valence electrons. The van der Waals surface area contributed by atoms with Crippen LogP contribution in [0.3, 0.4) is 0 Å². The number of ether oxygens (including phenoxy) is 2. The molecule has 4 heteroatoms. The Morgan fingerprint density at radius 2 is 2.27 bits per heavy atom. The second-order valence-electron chi connectivity index (χ2n) is 3.89. The number of methoxy groups -OCH3 is 1. The molecule has 0 radical (unpaired) electrons. The first-order valence-corrected chi connectivity index (χ1v) is 5.90. The average Bonchev–Trinajstić information content (AvgIpc) is 2.71. The van der Waals surface area contributed by atoms with Gasteiger partial charge >= 0.3 is 0 Å². The summed E-state index contributed by atoms with van der Waals surface area (Å²) in [6, 6.07) is 0. The van der Waals surface area contributed by atoms with E-state index in [0.717, 1.165) is 39.4 Å². The van der Waals surface area contributed by atoms with E-state index in [1.165, 1.54) is 13.0 Å². The van der Waals surface area contributed by atoms with Crippen molar-refractivity contribution in [2.45, 2.75) is 19.4 Å². The van der Waals surface area contributed by atoms with Crippen molar-refractivity contribution in [2.24, 2.45) is 0 Å². The Morgan fingerprint density at radius 3 is 2.93 bits per heavy atom. The van der Waals surface area contributed by atoms with Crippen molar-refractivity contribution in [3.05, 3.63) is 0 Å².